The molecule has 0 unspecified atom stereocenters. The number of hydrogen-bond acceptors (Lipinski definition) is 4. The van der Waals surface area contributed by atoms with Gasteiger partial charge in [-0.25, -0.2) is 4.79 Å². The number of aryl methyl sites for hydroxylation is 2. The molecule has 3 aromatic rings. The van der Waals surface area contributed by atoms with E-state index in [2.05, 4.69) is 23.4 Å². The predicted molar refractivity (Wildman–Crippen MR) is 86.8 cm³/mol. The van der Waals surface area contributed by atoms with Crippen molar-refractivity contribution in [2.24, 2.45) is 7.05 Å². The predicted octanol–water partition coefficient (Wildman–Crippen LogP) is 2.11. The first-order valence-corrected chi connectivity index (χ1v) is 7.48. The summed E-state index contributed by atoms with van der Waals surface area (Å²) in [6.45, 7) is 2.45. The largest absolute Gasteiger partial charge is 0.489 e. The Morgan fingerprint density at radius 1 is 1.00 bits per heavy atom. The third-order valence-electron chi connectivity index (χ3n) is 3.68. The molecule has 1 aromatic heterocycles. The van der Waals surface area contributed by atoms with Crippen LogP contribution in [0.25, 0.3) is 5.69 Å². The van der Waals surface area contributed by atoms with Gasteiger partial charge in [0.1, 0.15) is 12.4 Å². The lowest BCUT2D eigenvalue weighted by Crippen LogP contribution is -2.23. The van der Waals surface area contributed by atoms with E-state index in [-0.39, 0.29) is 5.69 Å². The van der Waals surface area contributed by atoms with Crippen LogP contribution in [0.5, 0.6) is 5.75 Å². The number of aromatic nitrogens is 4. The first kappa shape index (κ1) is 15.0. The second kappa shape index (κ2) is 6.48. The molecule has 1 heterocycles. The molecule has 0 aliphatic rings. The number of nitrogens with zero attached hydrogens (tertiary/aromatic N) is 4. The third kappa shape index (κ3) is 3.01. The van der Waals surface area contributed by atoms with E-state index < -0.39 is 0 Å². The first-order valence-electron chi connectivity index (χ1n) is 7.48. The number of benzene rings is 2. The highest BCUT2D eigenvalue weighted by Gasteiger charge is 2.11. The molecule has 0 radical (unpaired) electrons. The lowest BCUT2D eigenvalue weighted by molar-refractivity contribution is 0.302. The van der Waals surface area contributed by atoms with Gasteiger partial charge in [0.2, 0.25) is 0 Å². The molecule has 0 amide bonds. The molecule has 0 N–H and O–H groups in total. The molecule has 0 saturated carbocycles. The van der Waals surface area contributed by atoms with Crippen molar-refractivity contribution >= 4 is 0 Å². The second-order valence-electron chi connectivity index (χ2n) is 5.18. The van der Waals surface area contributed by atoms with Gasteiger partial charge in [-0.2, -0.15) is 9.36 Å². The number of hydrogen-bond donors (Lipinski definition) is 0. The van der Waals surface area contributed by atoms with Crippen molar-refractivity contribution in [3.05, 3.63) is 70.1 Å². The van der Waals surface area contributed by atoms with Gasteiger partial charge in [-0.3, -0.25) is 0 Å². The molecular formula is C17H18N4O2. The standard InChI is InChI=1S/C17H18N4O2/c1-3-13-8-5-7-11-16(13)23-12-14-9-4-6-10-15(14)21-17(22)20(2)18-19-21/h4-11H,3,12H2,1-2H3. The highest BCUT2D eigenvalue weighted by Crippen LogP contribution is 2.21. The Balaban J connectivity index is 1.90. The van der Waals surface area contributed by atoms with Crippen LogP contribution in [0.4, 0.5) is 0 Å². The molecule has 118 valence electrons. The Bertz CT molecular complexity index is 867. The van der Waals surface area contributed by atoms with Crippen LogP contribution < -0.4 is 10.4 Å². The summed E-state index contributed by atoms with van der Waals surface area (Å²) >= 11 is 0. The van der Waals surface area contributed by atoms with E-state index in [9.17, 15) is 4.79 Å². The molecule has 3 rings (SSSR count). The minimum Gasteiger partial charge on any atom is -0.489 e. The lowest BCUT2D eigenvalue weighted by Gasteiger charge is -2.12. The van der Waals surface area contributed by atoms with Gasteiger partial charge in [0.05, 0.1) is 5.69 Å². The SMILES string of the molecule is CCc1ccccc1OCc1ccccc1-n1nnn(C)c1=O. The van der Waals surface area contributed by atoms with E-state index in [1.807, 2.05) is 42.5 Å². The fraction of sp³-hybridized carbons (Fsp3) is 0.235. The second-order valence-corrected chi connectivity index (χ2v) is 5.18. The number of ether oxygens (including phenoxy) is 1. The number of para-hydroxylation sites is 2. The molecule has 0 aliphatic carbocycles. The normalized spacial score (nSPS) is 10.7. The maximum absolute atomic E-state index is 12.1. The van der Waals surface area contributed by atoms with E-state index in [4.69, 9.17) is 4.74 Å². The Morgan fingerprint density at radius 3 is 2.39 bits per heavy atom. The van der Waals surface area contributed by atoms with Crippen molar-refractivity contribution in [1.82, 2.24) is 19.8 Å². The van der Waals surface area contributed by atoms with Gasteiger partial charge in [0.25, 0.3) is 0 Å². The highest BCUT2D eigenvalue weighted by molar-refractivity contribution is 5.40. The summed E-state index contributed by atoms with van der Waals surface area (Å²) in [5, 5.41) is 7.65. The average molecular weight is 310 g/mol. The Hall–Kier alpha value is -2.89. The first-order chi connectivity index (χ1) is 11.2. The average Bonchev–Trinajstić information content (AvgIpc) is 2.92. The van der Waals surface area contributed by atoms with E-state index >= 15 is 0 Å². The number of tetrazole rings is 1. The fourth-order valence-electron chi connectivity index (χ4n) is 2.40. The topological polar surface area (TPSA) is 61.9 Å². The zero-order valence-electron chi connectivity index (χ0n) is 13.1. The monoisotopic (exact) mass is 310 g/mol. The van der Waals surface area contributed by atoms with Gasteiger partial charge in [0.15, 0.2) is 0 Å². The van der Waals surface area contributed by atoms with Gasteiger partial charge in [-0.05, 0) is 34.5 Å². The minimum absolute atomic E-state index is 0.286. The maximum Gasteiger partial charge on any atom is 0.368 e. The van der Waals surface area contributed by atoms with Crippen molar-refractivity contribution in [3.63, 3.8) is 0 Å². The Morgan fingerprint density at radius 2 is 1.70 bits per heavy atom. The molecule has 0 fully saturated rings. The van der Waals surface area contributed by atoms with Crippen LogP contribution in [-0.2, 0) is 20.1 Å². The van der Waals surface area contributed by atoms with E-state index in [0.717, 1.165) is 23.3 Å². The molecule has 2 aromatic carbocycles. The molecule has 0 atom stereocenters. The summed E-state index contributed by atoms with van der Waals surface area (Å²) in [7, 11) is 1.57. The van der Waals surface area contributed by atoms with Crippen molar-refractivity contribution < 1.29 is 4.74 Å². The van der Waals surface area contributed by atoms with Crippen LogP contribution in [0.3, 0.4) is 0 Å². The summed E-state index contributed by atoms with van der Waals surface area (Å²) in [4.78, 5) is 12.1. The van der Waals surface area contributed by atoms with Crippen LogP contribution in [0.2, 0.25) is 0 Å². The van der Waals surface area contributed by atoms with Gasteiger partial charge >= 0.3 is 5.69 Å². The van der Waals surface area contributed by atoms with Crippen molar-refractivity contribution in [3.8, 4) is 11.4 Å². The highest BCUT2D eigenvalue weighted by atomic mass is 16.5. The van der Waals surface area contributed by atoms with Gasteiger partial charge in [-0.1, -0.05) is 43.3 Å². The third-order valence-corrected chi connectivity index (χ3v) is 3.68. The minimum atomic E-state index is -0.286. The Labute approximate surface area is 133 Å². The quantitative estimate of drug-likeness (QED) is 0.724. The molecule has 0 saturated heterocycles. The molecule has 23 heavy (non-hydrogen) atoms. The molecule has 6 heteroatoms. The van der Waals surface area contributed by atoms with Gasteiger partial charge in [-0.15, -0.1) is 0 Å². The molecule has 0 spiro atoms. The zero-order chi connectivity index (χ0) is 16.2. The lowest BCUT2D eigenvalue weighted by atomic mass is 10.1. The van der Waals surface area contributed by atoms with Crippen LogP contribution in [0.1, 0.15) is 18.1 Å². The van der Waals surface area contributed by atoms with Crippen LogP contribution in [0, 0.1) is 0 Å². The summed E-state index contributed by atoms with van der Waals surface area (Å²) in [5.74, 6) is 0.858. The zero-order valence-corrected chi connectivity index (χ0v) is 13.1. The van der Waals surface area contributed by atoms with Crippen molar-refractivity contribution in [2.45, 2.75) is 20.0 Å². The summed E-state index contributed by atoms with van der Waals surface area (Å²) in [5.41, 5.74) is 2.42. The van der Waals surface area contributed by atoms with E-state index in [1.165, 1.54) is 9.36 Å². The Kier molecular flexibility index (Phi) is 4.23. The number of rotatable bonds is 5. The molecule has 6 nitrogen and oxygen atoms in total. The maximum atomic E-state index is 12.1. The van der Waals surface area contributed by atoms with Crippen LogP contribution >= 0.6 is 0 Å². The van der Waals surface area contributed by atoms with E-state index in [1.54, 1.807) is 7.05 Å². The van der Waals surface area contributed by atoms with Gasteiger partial charge in [0, 0.05) is 12.6 Å². The molecular weight excluding hydrogens is 292 g/mol. The van der Waals surface area contributed by atoms with Crippen LogP contribution in [-0.4, -0.2) is 19.8 Å². The van der Waals surface area contributed by atoms with E-state index in [0.29, 0.717) is 12.3 Å². The van der Waals surface area contributed by atoms with Gasteiger partial charge < -0.3 is 4.74 Å². The summed E-state index contributed by atoms with van der Waals surface area (Å²) < 4.78 is 8.43. The summed E-state index contributed by atoms with van der Waals surface area (Å²) in [6, 6.07) is 15.5. The molecule has 0 aliphatic heterocycles. The smallest absolute Gasteiger partial charge is 0.368 e. The molecule has 0 bridgehead atoms. The fourth-order valence-corrected chi connectivity index (χ4v) is 2.40. The van der Waals surface area contributed by atoms with Crippen LogP contribution in [0.15, 0.2) is 53.3 Å². The summed E-state index contributed by atoms with van der Waals surface area (Å²) in [6.07, 6.45) is 0.904. The van der Waals surface area contributed by atoms with Crippen molar-refractivity contribution in [1.29, 1.82) is 0 Å². The van der Waals surface area contributed by atoms with Crippen molar-refractivity contribution in [2.75, 3.05) is 0 Å².